The third kappa shape index (κ3) is 4.82. The van der Waals surface area contributed by atoms with Gasteiger partial charge < -0.3 is 10.1 Å². The number of hydrogen-bond donors (Lipinski definition) is 1. The Morgan fingerprint density at radius 2 is 2.00 bits per heavy atom. The van der Waals surface area contributed by atoms with Crippen molar-refractivity contribution in [1.82, 2.24) is 24.9 Å². The van der Waals surface area contributed by atoms with Crippen molar-refractivity contribution in [2.45, 2.75) is 37.5 Å². The SMILES string of the molecule is CCCOc1nc(NCC)nc(Sc2nccc(C)n2)n1. The lowest BCUT2D eigenvalue weighted by Crippen LogP contribution is -2.08. The van der Waals surface area contributed by atoms with Gasteiger partial charge in [0.15, 0.2) is 5.16 Å². The van der Waals surface area contributed by atoms with E-state index < -0.39 is 0 Å². The van der Waals surface area contributed by atoms with Crippen LogP contribution in [0, 0.1) is 6.92 Å². The van der Waals surface area contributed by atoms with Gasteiger partial charge >= 0.3 is 6.01 Å². The second kappa shape index (κ2) is 7.72. The molecule has 0 radical (unpaired) electrons. The Labute approximate surface area is 128 Å². The van der Waals surface area contributed by atoms with E-state index in [4.69, 9.17) is 4.74 Å². The second-order valence-electron chi connectivity index (χ2n) is 4.19. The highest BCUT2D eigenvalue weighted by atomic mass is 32.2. The Bertz CT molecular complexity index is 595. The largest absolute Gasteiger partial charge is 0.463 e. The first kappa shape index (κ1) is 15.4. The molecule has 0 amide bonds. The first-order valence-electron chi connectivity index (χ1n) is 6.81. The zero-order chi connectivity index (χ0) is 15.1. The van der Waals surface area contributed by atoms with Crippen molar-refractivity contribution in [2.75, 3.05) is 18.5 Å². The van der Waals surface area contributed by atoms with Crippen LogP contribution in [0.15, 0.2) is 22.6 Å². The van der Waals surface area contributed by atoms with Crippen molar-refractivity contribution in [2.24, 2.45) is 0 Å². The van der Waals surface area contributed by atoms with Crippen molar-refractivity contribution in [3.8, 4) is 6.01 Å². The molecule has 0 spiro atoms. The molecule has 0 aliphatic carbocycles. The van der Waals surface area contributed by atoms with Crippen LogP contribution < -0.4 is 10.1 Å². The first-order valence-corrected chi connectivity index (χ1v) is 7.63. The van der Waals surface area contributed by atoms with E-state index in [-0.39, 0.29) is 0 Å². The van der Waals surface area contributed by atoms with E-state index in [1.165, 1.54) is 11.8 Å². The molecule has 2 aromatic rings. The van der Waals surface area contributed by atoms with Crippen LogP contribution in [0.1, 0.15) is 26.0 Å². The molecule has 1 N–H and O–H groups in total. The molecule has 2 aromatic heterocycles. The molecule has 2 heterocycles. The molecule has 0 fully saturated rings. The number of ether oxygens (including phenoxy) is 1. The predicted molar refractivity (Wildman–Crippen MR) is 80.7 cm³/mol. The zero-order valence-corrected chi connectivity index (χ0v) is 13.1. The van der Waals surface area contributed by atoms with E-state index in [9.17, 15) is 0 Å². The molecular weight excluding hydrogens is 288 g/mol. The standard InChI is InChI=1S/C13H18N6OS/c1-4-8-20-11-17-10(14-5-2)18-13(19-11)21-12-15-7-6-9(3)16-12/h6-7H,4-5,8H2,1-3H3,(H,14,17,18,19). The van der Waals surface area contributed by atoms with Crippen molar-refractivity contribution in [3.63, 3.8) is 0 Å². The van der Waals surface area contributed by atoms with E-state index in [2.05, 4.69) is 30.2 Å². The summed E-state index contributed by atoms with van der Waals surface area (Å²) in [5.41, 5.74) is 0.899. The van der Waals surface area contributed by atoms with Crippen LogP contribution in [0.3, 0.4) is 0 Å². The molecule has 0 unspecified atom stereocenters. The maximum absolute atomic E-state index is 5.49. The van der Waals surface area contributed by atoms with Crippen molar-refractivity contribution >= 4 is 17.7 Å². The lowest BCUT2D eigenvalue weighted by molar-refractivity contribution is 0.288. The molecule has 0 aliphatic heterocycles. The van der Waals surface area contributed by atoms with Crippen LogP contribution in [-0.2, 0) is 0 Å². The summed E-state index contributed by atoms with van der Waals surface area (Å²) >= 11 is 1.28. The van der Waals surface area contributed by atoms with Gasteiger partial charge in [-0.05, 0) is 38.1 Å². The summed E-state index contributed by atoms with van der Waals surface area (Å²) in [6, 6.07) is 2.16. The average molecular weight is 306 g/mol. The Hall–Kier alpha value is -1.96. The van der Waals surface area contributed by atoms with Crippen LogP contribution in [0.4, 0.5) is 5.95 Å². The van der Waals surface area contributed by atoms with Crippen molar-refractivity contribution in [3.05, 3.63) is 18.0 Å². The van der Waals surface area contributed by atoms with E-state index in [1.807, 2.05) is 26.8 Å². The van der Waals surface area contributed by atoms with Gasteiger partial charge in [-0.15, -0.1) is 0 Å². The third-order valence-electron chi connectivity index (χ3n) is 2.32. The zero-order valence-electron chi connectivity index (χ0n) is 12.3. The Balaban J connectivity index is 2.22. The van der Waals surface area contributed by atoms with E-state index in [1.54, 1.807) is 6.20 Å². The molecule has 0 atom stereocenters. The highest BCUT2D eigenvalue weighted by Crippen LogP contribution is 2.23. The van der Waals surface area contributed by atoms with Gasteiger partial charge in [0, 0.05) is 18.4 Å². The molecule has 0 aromatic carbocycles. The molecule has 0 saturated heterocycles. The Morgan fingerprint density at radius 1 is 1.14 bits per heavy atom. The summed E-state index contributed by atoms with van der Waals surface area (Å²) in [6.45, 7) is 7.22. The summed E-state index contributed by atoms with van der Waals surface area (Å²) in [5, 5.41) is 4.18. The van der Waals surface area contributed by atoms with Gasteiger partial charge in [0.2, 0.25) is 11.1 Å². The molecule has 112 valence electrons. The van der Waals surface area contributed by atoms with E-state index in [0.717, 1.165) is 18.7 Å². The molecule has 7 nitrogen and oxygen atoms in total. The van der Waals surface area contributed by atoms with Gasteiger partial charge in [-0.1, -0.05) is 6.92 Å². The van der Waals surface area contributed by atoms with Crippen LogP contribution in [-0.4, -0.2) is 38.1 Å². The van der Waals surface area contributed by atoms with Crippen LogP contribution >= 0.6 is 11.8 Å². The topological polar surface area (TPSA) is 85.7 Å². The van der Waals surface area contributed by atoms with Gasteiger partial charge in [-0.2, -0.15) is 15.0 Å². The fraction of sp³-hybridized carbons (Fsp3) is 0.462. The molecule has 0 saturated carbocycles. The molecule has 2 rings (SSSR count). The minimum Gasteiger partial charge on any atom is -0.463 e. The number of anilines is 1. The fourth-order valence-corrected chi connectivity index (χ4v) is 2.16. The minimum absolute atomic E-state index is 0.318. The Kier molecular flexibility index (Phi) is 5.68. The second-order valence-corrected chi connectivity index (χ2v) is 5.12. The highest BCUT2D eigenvalue weighted by molar-refractivity contribution is 7.99. The van der Waals surface area contributed by atoms with Crippen LogP contribution in [0.5, 0.6) is 6.01 Å². The number of rotatable bonds is 7. The lowest BCUT2D eigenvalue weighted by Gasteiger charge is -2.07. The third-order valence-corrected chi connectivity index (χ3v) is 3.06. The molecule has 0 bridgehead atoms. The van der Waals surface area contributed by atoms with Gasteiger partial charge in [0.25, 0.3) is 0 Å². The molecule has 8 heteroatoms. The quantitative estimate of drug-likeness (QED) is 0.780. The number of hydrogen-bond acceptors (Lipinski definition) is 8. The normalized spacial score (nSPS) is 10.4. The minimum atomic E-state index is 0.318. The summed E-state index contributed by atoms with van der Waals surface area (Å²) in [5.74, 6) is 0.494. The first-order chi connectivity index (χ1) is 10.2. The number of nitrogens with one attached hydrogen (secondary N) is 1. The fourth-order valence-electron chi connectivity index (χ4n) is 1.44. The number of aryl methyl sites for hydroxylation is 1. The van der Waals surface area contributed by atoms with Gasteiger partial charge in [0.1, 0.15) is 0 Å². The maximum atomic E-state index is 5.49. The van der Waals surface area contributed by atoms with Gasteiger partial charge in [0.05, 0.1) is 6.61 Å². The van der Waals surface area contributed by atoms with Crippen molar-refractivity contribution < 1.29 is 4.74 Å². The summed E-state index contributed by atoms with van der Waals surface area (Å²) in [7, 11) is 0. The number of nitrogens with zero attached hydrogens (tertiary/aromatic N) is 5. The van der Waals surface area contributed by atoms with Crippen LogP contribution in [0.25, 0.3) is 0 Å². The monoisotopic (exact) mass is 306 g/mol. The van der Waals surface area contributed by atoms with Gasteiger partial charge in [-0.3, -0.25) is 0 Å². The maximum Gasteiger partial charge on any atom is 0.322 e. The van der Waals surface area contributed by atoms with E-state index in [0.29, 0.717) is 28.9 Å². The summed E-state index contributed by atoms with van der Waals surface area (Å²) < 4.78 is 5.49. The predicted octanol–water partition coefficient (Wildman–Crippen LogP) is 2.34. The number of aromatic nitrogens is 5. The van der Waals surface area contributed by atoms with E-state index >= 15 is 0 Å². The van der Waals surface area contributed by atoms with Crippen molar-refractivity contribution in [1.29, 1.82) is 0 Å². The molecule has 21 heavy (non-hydrogen) atoms. The van der Waals surface area contributed by atoms with Gasteiger partial charge in [-0.25, -0.2) is 9.97 Å². The lowest BCUT2D eigenvalue weighted by atomic mass is 10.5. The Morgan fingerprint density at radius 3 is 2.71 bits per heavy atom. The molecular formula is C13H18N6OS. The average Bonchev–Trinajstić information content (AvgIpc) is 2.45. The highest BCUT2D eigenvalue weighted by Gasteiger charge is 2.10. The summed E-state index contributed by atoms with van der Waals surface area (Å²) in [4.78, 5) is 21.3. The summed E-state index contributed by atoms with van der Waals surface area (Å²) in [6.07, 6.45) is 2.61. The molecule has 0 aliphatic rings. The smallest absolute Gasteiger partial charge is 0.322 e. The van der Waals surface area contributed by atoms with Crippen LogP contribution in [0.2, 0.25) is 0 Å².